The van der Waals surface area contributed by atoms with Crippen molar-refractivity contribution < 1.29 is 23.5 Å². The first-order chi connectivity index (χ1) is 10.9. The van der Waals surface area contributed by atoms with Crippen molar-refractivity contribution >= 4 is 35.2 Å². The smallest absolute Gasteiger partial charge is 0.323 e. The highest BCUT2D eigenvalue weighted by Gasteiger charge is 2.40. The van der Waals surface area contributed by atoms with Gasteiger partial charge in [-0.25, -0.2) is 9.29 Å². The highest BCUT2D eigenvalue weighted by atomic mass is 32.2. The average molecular weight is 340 g/mol. The standard InChI is InChI=1S/C15H17FN2O4S/c1-2-22-15(21)11(17)8-23-12-7-13(19)18(14(12)20)10-5-3-9(16)4-6-10/h3-6,11-12H,2,7-8,17H2,1H3. The predicted molar refractivity (Wildman–Crippen MR) is 84.4 cm³/mol. The zero-order valence-corrected chi connectivity index (χ0v) is 13.3. The maximum Gasteiger partial charge on any atom is 0.323 e. The van der Waals surface area contributed by atoms with E-state index in [0.717, 1.165) is 16.7 Å². The van der Waals surface area contributed by atoms with Crippen LogP contribution in [-0.4, -0.2) is 41.4 Å². The zero-order valence-electron chi connectivity index (χ0n) is 12.5. The van der Waals surface area contributed by atoms with Gasteiger partial charge in [0.2, 0.25) is 11.8 Å². The third-order valence-corrected chi connectivity index (χ3v) is 4.58. The molecule has 1 heterocycles. The molecular weight excluding hydrogens is 323 g/mol. The number of nitrogens with zero attached hydrogens (tertiary/aromatic N) is 1. The van der Waals surface area contributed by atoms with Crippen molar-refractivity contribution in [3.8, 4) is 0 Å². The SMILES string of the molecule is CCOC(=O)C(N)CSC1CC(=O)N(c2ccc(F)cc2)C1=O. The van der Waals surface area contributed by atoms with Crippen LogP contribution in [0.15, 0.2) is 24.3 Å². The highest BCUT2D eigenvalue weighted by molar-refractivity contribution is 8.00. The number of halogens is 1. The van der Waals surface area contributed by atoms with E-state index < -0.39 is 23.1 Å². The molecule has 0 aromatic heterocycles. The Kier molecular flexibility index (Phi) is 5.73. The molecule has 0 saturated carbocycles. The molecular formula is C15H17FN2O4S. The van der Waals surface area contributed by atoms with Gasteiger partial charge in [0.05, 0.1) is 17.5 Å². The van der Waals surface area contributed by atoms with E-state index in [1.807, 2.05) is 0 Å². The van der Waals surface area contributed by atoms with Crippen LogP contribution in [-0.2, 0) is 19.1 Å². The minimum absolute atomic E-state index is 0.0242. The lowest BCUT2D eigenvalue weighted by Gasteiger charge is -2.15. The number of benzene rings is 1. The van der Waals surface area contributed by atoms with Gasteiger partial charge in [-0.2, -0.15) is 0 Å². The summed E-state index contributed by atoms with van der Waals surface area (Å²) in [7, 11) is 0. The molecule has 2 rings (SSSR count). The number of esters is 1. The minimum atomic E-state index is -0.845. The summed E-state index contributed by atoms with van der Waals surface area (Å²) in [6, 6.07) is 4.29. The highest BCUT2D eigenvalue weighted by Crippen LogP contribution is 2.30. The first kappa shape index (κ1) is 17.4. The number of thioether (sulfide) groups is 1. The van der Waals surface area contributed by atoms with Crippen LogP contribution < -0.4 is 10.6 Å². The number of amides is 2. The van der Waals surface area contributed by atoms with Gasteiger partial charge >= 0.3 is 5.97 Å². The molecule has 0 aliphatic carbocycles. The lowest BCUT2D eigenvalue weighted by molar-refractivity contribution is -0.144. The van der Waals surface area contributed by atoms with Crippen molar-refractivity contribution in [2.75, 3.05) is 17.3 Å². The zero-order chi connectivity index (χ0) is 17.0. The first-order valence-corrected chi connectivity index (χ1v) is 8.15. The normalized spacial score (nSPS) is 19.1. The first-order valence-electron chi connectivity index (χ1n) is 7.10. The Balaban J connectivity index is 1.98. The van der Waals surface area contributed by atoms with Crippen molar-refractivity contribution in [3.05, 3.63) is 30.1 Å². The molecule has 2 N–H and O–H groups in total. The molecule has 1 saturated heterocycles. The Hall–Kier alpha value is -1.93. The maximum atomic E-state index is 12.9. The fourth-order valence-corrected chi connectivity index (χ4v) is 3.22. The molecule has 1 aromatic carbocycles. The molecule has 0 spiro atoms. The fourth-order valence-electron chi connectivity index (χ4n) is 2.13. The summed E-state index contributed by atoms with van der Waals surface area (Å²) in [6.45, 7) is 1.91. The largest absolute Gasteiger partial charge is 0.465 e. The van der Waals surface area contributed by atoms with Gasteiger partial charge in [-0.15, -0.1) is 11.8 Å². The summed E-state index contributed by atoms with van der Waals surface area (Å²) in [5.41, 5.74) is 6.01. The van der Waals surface area contributed by atoms with E-state index in [1.165, 1.54) is 24.3 Å². The molecule has 124 valence electrons. The van der Waals surface area contributed by atoms with Crippen LogP contribution in [0.2, 0.25) is 0 Å². The van der Waals surface area contributed by atoms with Crippen LogP contribution in [0.3, 0.4) is 0 Å². The summed E-state index contributed by atoms with van der Waals surface area (Å²) >= 11 is 1.15. The molecule has 2 atom stereocenters. The second-order valence-electron chi connectivity index (χ2n) is 4.93. The molecule has 2 unspecified atom stereocenters. The number of hydrogen-bond acceptors (Lipinski definition) is 6. The number of nitrogens with two attached hydrogens (primary N) is 1. The third-order valence-electron chi connectivity index (χ3n) is 3.26. The Morgan fingerprint density at radius 2 is 2.09 bits per heavy atom. The minimum Gasteiger partial charge on any atom is -0.465 e. The van der Waals surface area contributed by atoms with Crippen molar-refractivity contribution in [1.29, 1.82) is 0 Å². The van der Waals surface area contributed by atoms with Gasteiger partial charge < -0.3 is 10.5 Å². The number of carbonyl (C=O) groups is 3. The van der Waals surface area contributed by atoms with Gasteiger partial charge in [-0.3, -0.25) is 14.4 Å². The molecule has 8 heteroatoms. The lowest BCUT2D eigenvalue weighted by Crippen LogP contribution is -2.36. The van der Waals surface area contributed by atoms with Crippen LogP contribution in [0.5, 0.6) is 0 Å². The molecule has 1 aromatic rings. The number of imide groups is 1. The number of rotatable bonds is 6. The van der Waals surface area contributed by atoms with E-state index >= 15 is 0 Å². The topological polar surface area (TPSA) is 89.7 Å². The van der Waals surface area contributed by atoms with Crippen LogP contribution in [0.1, 0.15) is 13.3 Å². The lowest BCUT2D eigenvalue weighted by atomic mass is 10.3. The molecule has 0 bridgehead atoms. The summed E-state index contributed by atoms with van der Waals surface area (Å²) in [4.78, 5) is 36.9. The van der Waals surface area contributed by atoms with Gasteiger partial charge in [0, 0.05) is 12.2 Å². The quantitative estimate of drug-likeness (QED) is 0.616. The average Bonchev–Trinajstić information content (AvgIpc) is 2.80. The van der Waals surface area contributed by atoms with Gasteiger partial charge in [-0.1, -0.05) is 0 Å². The fraction of sp³-hybridized carbons (Fsp3) is 0.400. The van der Waals surface area contributed by atoms with Crippen LogP contribution in [0.4, 0.5) is 10.1 Å². The van der Waals surface area contributed by atoms with E-state index in [-0.39, 0.29) is 30.6 Å². The molecule has 0 radical (unpaired) electrons. The van der Waals surface area contributed by atoms with E-state index in [2.05, 4.69) is 0 Å². The van der Waals surface area contributed by atoms with Crippen molar-refractivity contribution in [3.63, 3.8) is 0 Å². The van der Waals surface area contributed by atoms with E-state index in [1.54, 1.807) is 6.92 Å². The van der Waals surface area contributed by atoms with Crippen LogP contribution in [0, 0.1) is 5.82 Å². The molecule has 1 aliphatic heterocycles. The Labute approximate surface area is 137 Å². The number of anilines is 1. The Morgan fingerprint density at radius 3 is 2.70 bits per heavy atom. The second kappa shape index (κ2) is 7.56. The Morgan fingerprint density at radius 1 is 1.43 bits per heavy atom. The van der Waals surface area contributed by atoms with Crippen LogP contribution in [0.25, 0.3) is 0 Å². The van der Waals surface area contributed by atoms with Gasteiger partial charge in [-0.05, 0) is 31.2 Å². The summed E-state index contributed by atoms with van der Waals surface area (Å²) in [6.07, 6.45) is 0.0242. The van der Waals surface area contributed by atoms with E-state index in [0.29, 0.717) is 5.69 Å². The van der Waals surface area contributed by atoms with Gasteiger partial charge in [0.1, 0.15) is 11.9 Å². The van der Waals surface area contributed by atoms with E-state index in [9.17, 15) is 18.8 Å². The predicted octanol–water partition coefficient (Wildman–Crippen LogP) is 1.08. The van der Waals surface area contributed by atoms with Crippen molar-refractivity contribution in [2.24, 2.45) is 5.73 Å². The monoisotopic (exact) mass is 340 g/mol. The second-order valence-corrected chi connectivity index (χ2v) is 6.16. The molecule has 1 fully saturated rings. The van der Waals surface area contributed by atoms with E-state index in [4.69, 9.17) is 10.5 Å². The molecule has 1 aliphatic rings. The Bertz CT molecular complexity index is 608. The van der Waals surface area contributed by atoms with Crippen LogP contribution >= 0.6 is 11.8 Å². The molecule has 6 nitrogen and oxygen atoms in total. The number of ether oxygens (including phenoxy) is 1. The summed E-state index contributed by atoms with van der Waals surface area (Å²) < 4.78 is 17.7. The van der Waals surface area contributed by atoms with Gasteiger partial charge in [0.15, 0.2) is 0 Å². The maximum absolute atomic E-state index is 12.9. The molecule has 2 amide bonds. The number of hydrogen-bond donors (Lipinski definition) is 1. The summed E-state index contributed by atoms with van der Waals surface area (Å²) in [5.74, 6) is -1.54. The van der Waals surface area contributed by atoms with Gasteiger partial charge in [0.25, 0.3) is 0 Å². The number of carbonyl (C=O) groups excluding carboxylic acids is 3. The van der Waals surface area contributed by atoms with Crippen molar-refractivity contribution in [1.82, 2.24) is 0 Å². The van der Waals surface area contributed by atoms with Crippen molar-refractivity contribution in [2.45, 2.75) is 24.6 Å². The third kappa shape index (κ3) is 4.08. The summed E-state index contributed by atoms with van der Waals surface area (Å²) in [5, 5.41) is -0.604. The molecule has 23 heavy (non-hydrogen) atoms.